The van der Waals surface area contributed by atoms with Crippen LogP contribution in [0.2, 0.25) is 0 Å². The van der Waals surface area contributed by atoms with Gasteiger partial charge in [0.1, 0.15) is 0 Å². The molecule has 1 saturated carbocycles. The summed E-state index contributed by atoms with van der Waals surface area (Å²) in [6.07, 6.45) is -4.37. The molecular weight excluding hydrogens is 203 g/mol. The summed E-state index contributed by atoms with van der Waals surface area (Å²) in [5.74, 6) is -4.14. The van der Waals surface area contributed by atoms with Crippen LogP contribution in [-0.4, -0.2) is 29.2 Å². The first-order valence-electron chi connectivity index (χ1n) is 3.93. The summed E-state index contributed by atoms with van der Waals surface area (Å²) in [5.41, 5.74) is 0. The lowest BCUT2D eigenvalue weighted by molar-refractivity contribution is -0.176. The number of rotatable bonds is 2. The maximum Gasteiger partial charge on any atom is 0.471 e. The molecule has 1 aliphatic rings. The van der Waals surface area contributed by atoms with Gasteiger partial charge in [-0.05, 0) is 12.8 Å². The molecule has 1 amide bonds. The van der Waals surface area contributed by atoms with Gasteiger partial charge in [0, 0.05) is 6.04 Å². The van der Waals surface area contributed by atoms with Crippen LogP contribution in [0, 0.1) is 5.92 Å². The summed E-state index contributed by atoms with van der Waals surface area (Å²) < 4.78 is 35.2. The van der Waals surface area contributed by atoms with Gasteiger partial charge in [-0.1, -0.05) is 0 Å². The fourth-order valence-electron chi connectivity index (χ4n) is 1.22. The van der Waals surface area contributed by atoms with Gasteiger partial charge in [0.05, 0.1) is 5.92 Å². The normalized spacial score (nSPS) is 26.5. The Morgan fingerprint density at radius 3 is 2.14 bits per heavy atom. The van der Waals surface area contributed by atoms with Gasteiger partial charge in [-0.25, -0.2) is 0 Å². The minimum absolute atomic E-state index is 0.277. The first-order chi connectivity index (χ1) is 6.32. The van der Waals surface area contributed by atoms with Gasteiger partial charge < -0.3 is 10.4 Å². The first kappa shape index (κ1) is 10.8. The van der Waals surface area contributed by atoms with E-state index in [1.54, 1.807) is 5.32 Å². The summed E-state index contributed by atoms with van der Waals surface area (Å²) in [4.78, 5) is 20.8. The van der Waals surface area contributed by atoms with Crippen LogP contribution < -0.4 is 5.32 Å². The number of alkyl halides is 3. The van der Waals surface area contributed by atoms with Crippen LogP contribution in [0.3, 0.4) is 0 Å². The van der Waals surface area contributed by atoms with E-state index < -0.39 is 30.0 Å². The van der Waals surface area contributed by atoms with E-state index in [9.17, 15) is 22.8 Å². The van der Waals surface area contributed by atoms with Crippen LogP contribution >= 0.6 is 0 Å². The number of carboxylic acid groups (broad SMARTS) is 1. The summed E-state index contributed by atoms with van der Waals surface area (Å²) in [7, 11) is 0. The Morgan fingerprint density at radius 1 is 1.29 bits per heavy atom. The molecule has 0 spiro atoms. The Balaban J connectivity index is 2.47. The highest BCUT2D eigenvalue weighted by Gasteiger charge is 2.44. The van der Waals surface area contributed by atoms with E-state index in [0.29, 0.717) is 6.42 Å². The molecule has 1 aliphatic carbocycles. The molecule has 2 N–H and O–H groups in total. The Bertz CT molecular complexity index is 263. The van der Waals surface area contributed by atoms with E-state index in [1.807, 2.05) is 0 Å². The van der Waals surface area contributed by atoms with Crippen molar-refractivity contribution in [2.75, 3.05) is 0 Å². The number of nitrogens with one attached hydrogen (secondary N) is 1. The van der Waals surface area contributed by atoms with E-state index >= 15 is 0 Å². The lowest BCUT2D eigenvalue weighted by Crippen LogP contribution is -2.53. The predicted octanol–water partition coefficient (Wildman–Crippen LogP) is 0.528. The van der Waals surface area contributed by atoms with Gasteiger partial charge in [-0.15, -0.1) is 0 Å². The number of carboxylic acids is 1. The highest BCUT2D eigenvalue weighted by atomic mass is 19.4. The fraction of sp³-hybridized carbons (Fsp3) is 0.714. The third kappa shape index (κ3) is 2.15. The third-order valence-electron chi connectivity index (χ3n) is 2.17. The van der Waals surface area contributed by atoms with Crippen LogP contribution in [-0.2, 0) is 9.59 Å². The van der Waals surface area contributed by atoms with Crippen molar-refractivity contribution in [2.24, 2.45) is 5.92 Å². The van der Waals surface area contributed by atoms with Crippen molar-refractivity contribution in [3.05, 3.63) is 0 Å². The Labute approximate surface area is 77.1 Å². The number of hydrogen-bond donors (Lipinski definition) is 2. The molecule has 0 aromatic carbocycles. The molecule has 7 heteroatoms. The summed E-state index contributed by atoms with van der Waals surface area (Å²) in [6.45, 7) is 0. The Kier molecular flexibility index (Phi) is 2.68. The zero-order chi connectivity index (χ0) is 10.9. The monoisotopic (exact) mass is 211 g/mol. The molecule has 0 bridgehead atoms. The van der Waals surface area contributed by atoms with E-state index in [1.165, 1.54) is 0 Å². The molecule has 0 heterocycles. The van der Waals surface area contributed by atoms with Gasteiger partial charge in [0.15, 0.2) is 0 Å². The average Bonchev–Trinajstić information content (AvgIpc) is 1.94. The van der Waals surface area contributed by atoms with Gasteiger partial charge in [0.25, 0.3) is 0 Å². The number of amides is 1. The Morgan fingerprint density at radius 2 is 1.86 bits per heavy atom. The lowest BCUT2D eigenvalue weighted by Gasteiger charge is -2.33. The Hall–Kier alpha value is -1.27. The number of halogens is 3. The lowest BCUT2D eigenvalue weighted by atomic mass is 9.79. The molecule has 0 unspecified atom stereocenters. The van der Waals surface area contributed by atoms with Crippen molar-refractivity contribution in [1.82, 2.24) is 5.32 Å². The minimum Gasteiger partial charge on any atom is -0.481 e. The van der Waals surface area contributed by atoms with Crippen LogP contribution in [0.5, 0.6) is 0 Å². The number of hydrogen-bond acceptors (Lipinski definition) is 2. The summed E-state index contributed by atoms with van der Waals surface area (Å²) >= 11 is 0. The second kappa shape index (κ2) is 3.47. The molecule has 1 rings (SSSR count). The van der Waals surface area contributed by atoms with Crippen molar-refractivity contribution in [2.45, 2.75) is 25.1 Å². The molecular formula is C7H8F3NO3. The molecule has 14 heavy (non-hydrogen) atoms. The SMILES string of the molecule is O=C(O)[C@@H]1CC[C@@H]1NC(=O)C(F)(F)F. The second-order valence-electron chi connectivity index (χ2n) is 3.10. The summed E-state index contributed by atoms with van der Waals surface area (Å²) in [5, 5.41) is 10.1. The zero-order valence-corrected chi connectivity index (χ0v) is 6.97. The van der Waals surface area contributed by atoms with Crippen molar-refractivity contribution >= 4 is 11.9 Å². The van der Waals surface area contributed by atoms with Crippen LogP contribution in [0.15, 0.2) is 0 Å². The van der Waals surface area contributed by atoms with Gasteiger partial charge in [0.2, 0.25) is 0 Å². The molecule has 0 saturated heterocycles. The maximum atomic E-state index is 11.7. The smallest absolute Gasteiger partial charge is 0.471 e. The van der Waals surface area contributed by atoms with E-state index in [4.69, 9.17) is 5.11 Å². The predicted molar refractivity (Wildman–Crippen MR) is 38.3 cm³/mol. The van der Waals surface area contributed by atoms with E-state index in [2.05, 4.69) is 0 Å². The van der Waals surface area contributed by atoms with Crippen molar-refractivity contribution < 1.29 is 27.9 Å². The van der Waals surface area contributed by atoms with Crippen molar-refractivity contribution in [1.29, 1.82) is 0 Å². The third-order valence-corrected chi connectivity index (χ3v) is 2.17. The molecule has 0 radical (unpaired) electrons. The van der Waals surface area contributed by atoms with Crippen LogP contribution in [0.4, 0.5) is 13.2 Å². The van der Waals surface area contributed by atoms with Gasteiger partial charge >= 0.3 is 18.1 Å². The average molecular weight is 211 g/mol. The molecule has 0 aromatic heterocycles. The van der Waals surface area contributed by atoms with Crippen molar-refractivity contribution in [3.8, 4) is 0 Å². The van der Waals surface area contributed by atoms with E-state index in [0.717, 1.165) is 0 Å². The number of carbonyl (C=O) groups excluding carboxylic acids is 1. The molecule has 0 aliphatic heterocycles. The highest BCUT2D eigenvalue weighted by Crippen LogP contribution is 2.28. The number of aliphatic carboxylic acids is 1. The molecule has 2 atom stereocenters. The quantitative estimate of drug-likeness (QED) is 0.700. The van der Waals surface area contributed by atoms with Crippen molar-refractivity contribution in [3.63, 3.8) is 0 Å². The molecule has 80 valence electrons. The second-order valence-corrected chi connectivity index (χ2v) is 3.10. The zero-order valence-electron chi connectivity index (χ0n) is 6.97. The van der Waals surface area contributed by atoms with Gasteiger partial charge in [-0.3, -0.25) is 9.59 Å². The minimum atomic E-state index is -4.95. The highest BCUT2D eigenvalue weighted by molar-refractivity contribution is 5.83. The molecule has 1 fully saturated rings. The van der Waals surface area contributed by atoms with E-state index in [-0.39, 0.29) is 6.42 Å². The standard InChI is InChI=1S/C7H8F3NO3/c8-7(9,10)6(14)11-4-2-1-3(4)5(12)13/h3-4H,1-2H2,(H,11,14)(H,12,13)/t3-,4+/m1/s1. The largest absolute Gasteiger partial charge is 0.481 e. The topological polar surface area (TPSA) is 66.4 Å². The van der Waals surface area contributed by atoms with Crippen LogP contribution in [0.1, 0.15) is 12.8 Å². The molecule has 0 aromatic rings. The molecule has 4 nitrogen and oxygen atoms in total. The fourth-order valence-corrected chi connectivity index (χ4v) is 1.22. The maximum absolute atomic E-state index is 11.7. The first-order valence-corrected chi connectivity index (χ1v) is 3.93. The summed E-state index contributed by atoms with van der Waals surface area (Å²) in [6, 6.07) is -0.887. The van der Waals surface area contributed by atoms with Crippen LogP contribution in [0.25, 0.3) is 0 Å². The van der Waals surface area contributed by atoms with Gasteiger partial charge in [-0.2, -0.15) is 13.2 Å². The number of carbonyl (C=O) groups is 2.